The van der Waals surface area contributed by atoms with Crippen LogP contribution >= 0.6 is 0 Å². The Morgan fingerprint density at radius 1 is 1.33 bits per heavy atom. The Kier molecular flexibility index (Phi) is 6.04. The second-order valence-electron chi connectivity index (χ2n) is 6.58. The highest BCUT2D eigenvalue weighted by Gasteiger charge is 2.27. The van der Waals surface area contributed by atoms with Crippen LogP contribution in [-0.4, -0.2) is 17.6 Å². The van der Waals surface area contributed by atoms with Gasteiger partial charge in [0.15, 0.2) is 0 Å². The van der Waals surface area contributed by atoms with Gasteiger partial charge in [0, 0.05) is 17.8 Å². The molecule has 1 aliphatic rings. The van der Waals surface area contributed by atoms with Crippen LogP contribution in [0.2, 0.25) is 0 Å². The first kappa shape index (κ1) is 16.3. The van der Waals surface area contributed by atoms with Crippen molar-refractivity contribution in [3.05, 3.63) is 23.9 Å². The number of nitrogens with zero attached hydrogens (tertiary/aromatic N) is 1. The lowest BCUT2D eigenvalue weighted by molar-refractivity contribution is 0.0949. The van der Waals surface area contributed by atoms with Crippen molar-refractivity contribution < 1.29 is 4.74 Å². The van der Waals surface area contributed by atoms with Gasteiger partial charge >= 0.3 is 0 Å². The van der Waals surface area contributed by atoms with Crippen LogP contribution in [0.15, 0.2) is 18.3 Å². The molecule has 0 saturated heterocycles. The van der Waals surface area contributed by atoms with Gasteiger partial charge in [0.1, 0.15) is 6.10 Å². The molecule has 1 aliphatic carbocycles. The van der Waals surface area contributed by atoms with Crippen LogP contribution in [-0.2, 0) is 0 Å². The highest BCUT2D eigenvalue weighted by molar-refractivity contribution is 5.28. The van der Waals surface area contributed by atoms with Crippen molar-refractivity contribution in [1.29, 1.82) is 0 Å². The molecule has 3 heteroatoms. The van der Waals surface area contributed by atoms with Crippen LogP contribution in [0.5, 0.6) is 5.88 Å². The predicted octanol–water partition coefficient (Wildman–Crippen LogP) is 4.35. The number of aromatic nitrogens is 1. The van der Waals surface area contributed by atoms with E-state index in [-0.39, 0.29) is 6.04 Å². The molecule has 0 aliphatic heterocycles. The third-order valence-corrected chi connectivity index (χ3v) is 4.80. The van der Waals surface area contributed by atoms with Gasteiger partial charge in [0.05, 0.1) is 0 Å². The number of hydrogen-bond donors (Lipinski definition) is 1. The van der Waals surface area contributed by atoms with E-state index in [9.17, 15) is 0 Å². The lowest BCUT2D eigenvalue weighted by atomic mass is 9.80. The van der Waals surface area contributed by atoms with E-state index in [1.54, 1.807) is 0 Å². The fourth-order valence-corrected chi connectivity index (χ4v) is 3.07. The molecule has 1 saturated carbocycles. The molecule has 21 heavy (non-hydrogen) atoms. The van der Waals surface area contributed by atoms with Crippen molar-refractivity contribution in [2.75, 3.05) is 6.54 Å². The zero-order valence-corrected chi connectivity index (χ0v) is 13.9. The topological polar surface area (TPSA) is 34.2 Å². The number of pyridine rings is 1. The van der Waals surface area contributed by atoms with Crippen molar-refractivity contribution in [1.82, 2.24) is 10.3 Å². The summed E-state index contributed by atoms with van der Waals surface area (Å²) in [4.78, 5) is 4.48. The zero-order chi connectivity index (χ0) is 15.2. The molecule has 118 valence electrons. The van der Waals surface area contributed by atoms with Crippen molar-refractivity contribution in [2.45, 2.75) is 65.5 Å². The van der Waals surface area contributed by atoms with Gasteiger partial charge in [-0.1, -0.05) is 26.8 Å². The first-order valence-corrected chi connectivity index (χ1v) is 8.46. The minimum absolute atomic E-state index is 0.286. The third kappa shape index (κ3) is 4.44. The molecule has 0 aromatic carbocycles. The molecule has 0 amide bonds. The number of nitrogens with one attached hydrogen (secondary N) is 1. The molecule has 1 aromatic rings. The van der Waals surface area contributed by atoms with Crippen molar-refractivity contribution >= 4 is 0 Å². The summed E-state index contributed by atoms with van der Waals surface area (Å²) in [5, 5.41) is 3.52. The van der Waals surface area contributed by atoms with E-state index in [0.29, 0.717) is 6.10 Å². The molecule has 1 N–H and O–H groups in total. The lowest BCUT2D eigenvalue weighted by Gasteiger charge is -2.32. The smallest absolute Gasteiger partial charge is 0.218 e. The second-order valence-corrected chi connectivity index (χ2v) is 6.58. The normalized spacial score (nSPS) is 27.3. The summed E-state index contributed by atoms with van der Waals surface area (Å²) in [5.41, 5.74) is 1.18. The molecule has 0 bridgehead atoms. The van der Waals surface area contributed by atoms with Crippen LogP contribution in [0, 0.1) is 11.8 Å². The zero-order valence-electron chi connectivity index (χ0n) is 13.9. The van der Waals surface area contributed by atoms with Crippen LogP contribution < -0.4 is 10.1 Å². The average molecular weight is 290 g/mol. The maximum absolute atomic E-state index is 6.26. The van der Waals surface area contributed by atoms with E-state index in [1.807, 2.05) is 12.3 Å². The van der Waals surface area contributed by atoms with E-state index >= 15 is 0 Å². The largest absolute Gasteiger partial charge is 0.474 e. The molecule has 4 unspecified atom stereocenters. The Morgan fingerprint density at radius 3 is 2.86 bits per heavy atom. The summed E-state index contributed by atoms with van der Waals surface area (Å²) in [5.74, 6) is 2.38. The van der Waals surface area contributed by atoms with Gasteiger partial charge in [-0.2, -0.15) is 0 Å². The summed E-state index contributed by atoms with van der Waals surface area (Å²) in [6, 6.07) is 4.41. The maximum atomic E-state index is 6.26. The first-order chi connectivity index (χ1) is 10.1. The van der Waals surface area contributed by atoms with E-state index in [1.165, 1.54) is 12.0 Å². The lowest BCUT2D eigenvalue weighted by Crippen LogP contribution is -2.30. The van der Waals surface area contributed by atoms with E-state index in [4.69, 9.17) is 4.74 Å². The predicted molar refractivity (Wildman–Crippen MR) is 87.5 cm³/mol. The molecule has 2 rings (SSSR count). The van der Waals surface area contributed by atoms with Gasteiger partial charge < -0.3 is 10.1 Å². The summed E-state index contributed by atoms with van der Waals surface area (Å²) in [6.45, 7) is 10.1. The maximum Gasteiger partial charge on any atom is 0.218 e. The average Bonchev–Trinajstić information content (AvgIpc) is 2.49. The summed E-state index contributed by atoms with van der Waals surface area (Å²) in [6.07, 6.45) is 6.85. The highest BCUT2D eigenvalue weighted by atomic mass is 16.5. The minimum atomic E-state index is 0.286. The number of rotatable bonds is 6. The quantitative estimate of drug-likeness (QED) is 0.846. The molecule has 3 nitrogen and oxygen atoms in total. The molecule has 1 aromatic heterocycles. The van der Waals surface area contributed by atoms with Gasteiger partial charge in [-0.15, -0.1) is 0 Å². The van der Waals surface area contributed by atoms with E-state index < -0.39 is 0 Å². The SMILES string of the molecule is CCCNC(C)c1cccnc1OC1CCC(C)C(C)C1. The standard InChI is InChI=1S/C18H30N2O/c1-5-10-19-15(4)17-7-6-11-20-18(17)21-16-9-8-13(2)14(3)12-16/h6-7,11,13-16,19H,5,8-10,12H2,1-4H3. The summed E-state index contributed by atoms with van der Waals surface area (Å²) >= 11 is 0. The van der Waals surface area contributed by atoms with Crippen molar-refractivity contribution in [3.63, 3.8) is 0 Å². The van der Waals surface area contributed by atoms with Crippen LogP contribution in [0.1, 0.15) is 65.0 Å². The molecule has 0 radical (unpaired) electrons. The fraction of sp³-hybridized carbons (Fsp3) is 0.722. The Labute approximate surface area is 129 Å². The highest BCUT2D eigenvalue weighted by Crippen LogP contribution is 2.33. The molecule has 1 fully saturated rings. The summed E-state index contributed by atoms with van der Waals surface area (Å²) in [7, 11) is 0. The Hall–Kier alpha value is -1.09. The van der Waals surface area contributed by atoms with Gasteiger partial charge in [0.2, 0.25) is 5.88 Å². The Morgan fingerprint density at radius 2 is 2.14 bits per heavy atom. The Bertz CT molecular complexity index is 435. The molecule has 4 atom stereocenters. The van der Waals surface area contributed by atoms with Crippen LogP contribution in [0.3, 0.4) is 0 Å². The van der Waals surface area contributed by atoms with E-state index in [2.05, 4.69) is 44.1 Å². The fourth-order valence-electron chi connectivity index (χ4n) is 3.07. The van der Waals surface area contributed by atoms with Gasteiger partial charge in [-0.3, -0.25) is 0 Å². The van der Waals surface area contributed by atoms with Crippen molar-refractivity contribution in [2.24, 2.45) is 11.8 Å². The summed E-state index contributed by atoms with van der Waals surface area (Å²) < 4.78 is 6.26. The molecular formula is C18H30N2O. The second kappa shape index (κ2) is 7.79. The number of ether oxygens (including phenoxy) is 1. The monoisotopic (exact) mass is 290 g/mol. The van der Waals surface area contributed by atoms with Gasteiger partial charge in [-0.05, 0) is 57.1 Å². The minimum Gasteiger partial charge on any atom is -0.474 e. The first-order valence-electron chi connectivity index (χ1n) is 8.46. The Balaban J connectivity index is 2.02. The number of hydrogen-bond acceptors (Lipinski definition) is 3. The molecule has 0 spiro atoms. The van der Waals surface area contributed by atoms with Crippen molar-refractivity contribution in [3.8, 4) is 5.88 Å². The van der Waals surface area contributed by atoms with Gasteiger partial charge in [0.25, 0.3) is 0 Å². The molecule has 1 heterocycles. The molecular weight excluding hydrogens is 260 g/mol. The van der Waals surface area contributed by atoms with Crippen LogP contribution in [0.4, 0.5) is 0 Å². The van der Waals surface area contributed by atoms with Gasteiger partial charge in [-0.25, -0.2) is 4.98 Å². The third-order valence-electron chi connectivity index (χ3n) is 4.80. The van der Waals surface area contributed by atoms with E-state index in [0.717, 1.165) is 43.5 Å². The van der Waals surface area contributed by atoms with Crippen LogP contribution in [0.25, 0.3) is 0 Å².